The topological polar surface area (TPSA) is 82.1 Å². The minimum Gasteiger partial charge on any atom is -0.493 e. The highest BCUT2D eigenvalue weighted by molar-refractivity contribution is 6.21. The van der Waals surface area contributed by atoms with E-state index in [1.54, 1.807) is 12.1 Å². The van der Waals surface area contributed by atoms with Crippen LogP contribution in [0.3, 0.4) is 0 Å². The van der Waals surface area contributed by atoms with E-state index in [0.717, 1.165) is 18.2 Å². The largest absolute Gasteiger partial charge is 0.493 e. The molecule has 0 saturated carbocycles. The van der Waals surface area contributed by atoms with Crippen LogP contribution in [0.15, 0.2) is 42.5 Å². The highest BCUT2D eigenvalue weighted by Crippen LogP contribution is 2.30. The molecule has 2 aromatic carbocycles. The molecular weight excluding hydrogens is 352 g/mol. The molecule has 1 aliphatic rings. The van der Waals surface area contributed by atoms with Gasteiger partial charge in [0.1, 0.15) is 0 Å². The third-order valence-electron chi connectivity index (χ3n) is 3.55. The van der Waals surface area contributed by atoms with Crippen molar-refractivity contribution in [3.05, 3.63) is 59.2 Å². The Kier molecular flexibility index (Phi) is 4.53. The second-order valence-corrected chi connectivity index (χ2v) is 5.07. The number of fused-ring (bicyclic) bond motifs is 1. The van der Waals surface area contributed by atoms with E-state index in [2.05, 4.69) is 4.74 Å². The number of carbonyl (C=O) groups excluding carboxylic acids is 3. The van der Waals surface area contributed by atoms with Crippen LogP contribution in [0.1, 0.15) is 31.1 Å². The number of hydrogen-bond acceptors (Lipinski definition) is 6. The molecule has 0 bridgehead atoms. The number of hydroxylamine groups is 2. The molecule has 2 amide bonds. The molecule has 0 atom stereocenters. The van der Waals surface area contributed by atoms with E-state index in [9.17, 15) is 23.2 Å². The molecule has 0 N–H and O–H groups in total. The molecule has 3 rings (SSSR count). The molecule has 7 nitrogen and oxygen atoms in total. The number of benzene rings is 2. The average molecular weight is 363 g/mol. The van der Waals surface area contributed by atoms with E-state index in [-0.39, 0.29) is 28.2 Å². The molecule has 0 unspecified atom stereocenters. The van der Waals surface area contributed by atoms with E-state index in [1.165, 1.54) is 19.2 Å². The quantitative estimate of drug-likeness (QED) is 0.760. The van der Waals surface area contributed by atoms with Crippen LogP contribution in [-0.4, -0.2) is 36.6 Å². The molecule has 1 heterocycles. The SMILES string of the molecule is COc1cc(C(=O)ON2C(=O)c3ccccc3C2=O)ccc1OC(F)F. The summed E-state index contributed by atoms with van der Waals surface area (Å²) in [6, 6.07) is 9.33. The number of imide groups is 1. The maximum atomic E-state index is 12.3. The maximum absolute atomic E-state index is 12.3. The number of amides is 2. The number of methoxy groups -OCH3 is 1. The predicted octanol–water partition coefficient (Wildman–Crippen LogP) is 2.66. The van der Waals surface area contributed by atoms with E-state index >= 15 is 0 Å². The molecule has 0 fully saturated rings. The zero-order valence-corrected chi connectivity index (χ0v) is 13.3. The lowest BCUT2D eigenvalue weighted by atomic mass is 10.1. The monoisotopic (exact) mass is 363 g/mol. The van der Waals surface area contributed by atoms with Crippen molar-refractivity contribution in [2.24, 2.45) is 0 Å². The first kappa shape index (κ1) is 17.3. The Bertz CT molecular complexity index is 864. The smallest absolute Gasteiger partial charge is 0.387 e. The fourth-order valence-electron chi connectivity index (χ4n) is 2.37. The van der Waals surface area contributed by atoms with Crippen molar-refractivity contribution in [3.63, 3.8) is 0 Å². The van der Waals surface area contributed by atoms with Gasteiger partial charge in [-0.2, -0.15) is 8.78 Å². The van der Waals surface area contributed by atoms with Crippen LogP contribution in [-0.2, 0) is 4.84 Å². The van der Waals surface area contributed by atoms with Crippen molar-refractivity contribution in [1.29, 1.82) is 0 Å². The number of alkyl halides is 2. The lowest BCUT2D eigenvalue weighted by Crippen LogP contribution is -2.32. The first-order chi connectivity index (χ1) is 12.4. The Morgan fingerprint density at radius 2 is 1.62 bits per heavy atom. The van der Waals surface area contributed by atoms with Crippen molar-refractivity contribution in [2.45, 2.75) is 6.61 Å². The second-order valence-electron chi connectivity index (χ2n) is 5.07. The Morgan fingerprint density at radius 3 is 2.15 bits per heavy atom. The Labute approximate surface area is 145 Å². The summed E-state index contributed by atoms with van der Waals surface area (Å²) >= 11 is 0. The van der Waals surface area contributed by atoms with Gasteiger partial charge in [-0.25, -0.2) is 4.79 Å². The minimum absolute atomic E-state index is 0.114. The molecule has 9 heteroatoms. The number of rotatable bonds is 5. The van der Waals surface area contributed by atoms with E-state index in [4.69, 9.17) is 9.57 Å². The summed E-state index contributed by atoms with van der Waals surface area (Å²) in [5, 5.41) is 0.350. The Hall–Kier alpha value is -3.49. The standard InChI is InChI=1S/C17H11F2NO6/c1-24-13-8-9(6-7-12(13)25-17(18)19)16(23)26-20-14(21)10-4-2-3-5-11(10)15(20)22/h2-8,17H,1H3. The fraction of sp³-hybridized carbons (Fsp3) is 0.118. The van der Waals surface area contributed by atoms with Crippen molar-refractivity contribution >= 4 is 17.8 Å². The molecule has 1 aliphatic heterocycles. The van der Waals surface area contributed by atoms with Crippen LogP contribution >= 0.6 is 0 Å². The van der Waals surface area contributed by atoms with Crippen LogP contribution in [0.25, 0.3) is 0 Å². The van der Waals surface area contributed by atoms with Gasteiger partial charge < -0.3 is 14.3 Å². The van der Waals surface area contributed by atoms with Gasteiger partial charge in [-0.05, 0) is 30.3 Å². The summed E-state index contributed by atoms with van der Waals surface area (Å²) in [4.78, 5) is 41.5. The molecule has 0 aliphatic carbocycles. The molecule has 0 spiro atoms. The van der Waals surface area contributed by atoms with Crippen LogP contribution < -0.4 is 9.47 Å². The Balaban J connectivity index is 1.81. The molecule has 0 radical (unpaired) electrons. The minimum atomic E-state index is -3.07. The number of carbonyl (C=O) groups is 3. The first-order valence-corrected chi connectivity index (χ1v) is 7.25. The average Bonchev–Trinajstić information content (AvgIpc) is 2.87. The summed E-state index contributed by atoms with van der Waals surface area (Å²) in [6.07, 6.45) is 0. The molecule has 0 saturated heterocycles. The number of nitrogens with zero attached hydrogens (tertiary/aromatic N) is 1. The normalized spacial score (nSPS) is 13.0. The fourth-order valence-corrected chi connectivity index (χ4v) is 2.37. The second kappa shape index (κ2) is 6.79. The van der Waals surface area contributed by atoms with Gasteiger partial charge in [0.25, 0.3) is 11.8 Å². The van der Waals surface area contributed by atoms with Gasteiger partial charge in [0.15, 0.2) is 11.5 Å². The zero-order chi connectivity index (χ0) is 18.8. The van der Waals surface area contributed by atoms with Gasteiger partial charge in [-0.15, -0.1) is 0 Å². The van der Waals surface area contributed by atoms with Crippen molar-refractivity contribution in [2.75, 3.05) is 7.11 Å². The summed E-state index contributed by atoms with van der Waals surface area (Å²) < 4.78 is 33.8. The van der Waals surface area contributed by atoms with Crippen LogP contribution in [0.5, 0.6) is 11.5 Å². The predicted molar refractivity (Wildman–Crippen MR) is 82.0 cm³/mol. The molecule has 134 valence electrons. The van der Waals surface area contributed by atoms with Gasteiger partial charge in [-0.3, -0.25) is 9.59 Å². The number of halogens is 2. The van der Waals surface area contributed by atoms with Crippen molar-refractivity contribution in [1.82, 2.24) is 5.06 Å². The van der Waals surface area contributed by atoms with Crippen molar-refractivity contribution in [3.8, 4) is 11.5 Å². The van der Waals surface area contributed by atoms with Gasteiger partial charge in [-0.1, -0.05) is 17.2 Å². The number of ether oxygens (including phenoxy) is 2. The molecule has 2 aromatic rings. The molecule has 0 aromatic heterocycles. The van der Waals surface area contributed by atoms with E-state index in [1.807, 2.05) is 0 Å². The zero-order valence-electron chi connectivity index (χ0n) is 13.3. The highest BCUT2D eigenvalue weighted by Gasteiger charge is 2.38. The number of hydrogen-bond donors (Lipinski definition) is 0. The third-order valence-corrected chi connectivity index (χ3v) is 3.55. The van der Waals surface area contributed by atoms with Gasteiger partial charge in [0, 0.05) is 0 Å². The lowest BCUT2D eigenvalue weighted by molar-refractivity contribution is -0.0586. The van der Waals surface area contributed by atoms with Gasteiger partial charge in [0.05, 0.1) is 23.8 Å². The molecule has 26 heavy (non-hydrogen) atoms. The third kappa shape index (κ3) is 3.06. The van der Waals surface area contributed by atoms with Gasteiger partial charge in [0.2, 0.25) is 0 Å². The summed E-state index contributed by atoms with van der Waals surface area (Å²) in [5.74, 6) is -3.00. The first-order valence-electron chi connectivity index (χ1n) is 7.25. The van der Waals surface area contributed by atoms with Crippen molar-refractivity contribution < 1.29 is 37.5 Å². The van der Waals surface area contributed by atoms with Crippen LogP contribution in [0.4, 0.5) is 8.78 Å². The van der Waals surface area contributed by atoms with E-state index < -0.39 is 24.4 Å². The maximum Gasteiger partial charge on any atom is 0.387 e. The summed E-state index contributed by atoms with van der Waals surface area (Å²) in [6.45, 7) is -3.07. The summed E-state index contributed by atoms with van der Waals surface area (Å²) in [5.41, 5.74) is 0.104. The highest BCUT2D eigenvalue weighted by atomic mass is 19.3. The van der Waals surface area contributed by atoms with Crippen LogP contribution in [0.2, 0.25) is 0 Å². The molecular formula is C17H11F2NO6. The van der Waals surface area contributed by atoms with E-state index in [0.29, 0.717) is 5.06 Å². The Morgan fingerprint density at radius 1 is 1.00 bits per heavy atom. The lowest BCUT2D eigenvalue weighted by Gasteiger charge is -2.14. The van der Waals surface area contributed by atoms with Crippen LogP contribution in [0, 0.1) is 0 Å². The van der Waals surface area contributed by atoms with Gasteiger partial charge >= 0.3 is 12.6 Å². The summed E-state index contributed by atoms with van der Waals surface area (Å²) in [7, 11) is 1.20.